The van der Waals surface area contributed by atoms with Gasteiger partial charge < -0.3 is 11.1 Å². The number of nitrogens with two attached hydrogens (primary N) is 1. The van der Waals surface area contributed by atoms with Crippen LogP contribution < -0.4 is 11.1 Å². The molecule has 0 aliphatic heterocycles. The monoisotopic (exact) mass is 254 g/mol. The minimum atomic E-state index is -0.395. The lowest BCUT2D eigenvalue weighted by molar-refractivity contribution is 0.1000. The van der Waals surface area contributed by atoms with Crippen LogP contribution >= 0.6 is 0 Å². The number of rotatable bonds is 4. The van der Waals surface area contributed by atoms with E-state index in [1.165, 1.54) is 11.1 Å². The molecule has 0 atom stereocenters. The molecule has 0 saturated carbocycles. The Morgan fingerprint density at radius 3 is 2.63 bits per heavy atom. The Labute approximate surface area is 113 Å². The topological polar surface area (TPSA) is 55.1 Å². The summed E-state index contributed by atoms with van der Waals surface area (Å²) in [6, 6.07) is 13.7. The number of amides is 1. The van der Waals surface area contributed by atoms with E-state index < -0.39 is 5.91 Å². The first-order chi connectivity index (χ1) is 9.06. The number of hydrogen-bond donors (Lipinski definition) is 2. The highest BCUT2D eigenvalue weighted by Crippen LogP contribution is 2.17. The first-order valence-electron chi connectivity index (χ1n) is 6.26. The molecule has 19 heavy (non-hydrogen) atoms. The van der Waals surface area contributed by atoms with E-state index >= 15 is 0 Å². The lowest BCUT2D eigenvalue weighted by atomic mass is 10.1. The highest BCUT2D eigenvalue weighted by atomic mass is 16.1. The van der Waals surface area contributed by atoms with Crippen molar-refractivity contribution in [1.29, 1.82) is 0 Å². The van der Waals surface area contributed by atoms with Crippen LogP contribution in [-0.2, 0) is 6.54 Å². The Bertz CT molecular complexity index is 605. The van der Waals surface area contributed by atoms with Crippen LogP contribution in [0.25, 0.3) is 0 Å². The van der Waals surface area contributed by atoms with Gasteiger partial charge in [0.05, 0.1) is 0 Å². The fourth-order valence-corrected chi connectivity index (χ4v) is 2.04. The molecule has 2 aromatic carbocycles. The first kappa shape index (κ1) is 13.1. The minimum Gasteiger partial charge on any atom is -0.381 e. The standard InChI is InChI=1S/C16H18N2O/c1-11-6-7-15(12(2)8-11)18-10-13-4-3-5-14(9-13)16(17)19/h3-9,18H,10H2,1-2H3,(H2,17,19). The smallest absolute Gasteiger partial charge is 0.248 e. The molecule has 0 saturated heterocycles. The Morgan fingerprint density at radius 2 is 1.95 bits per heavy atom. The summed E-state index contributed by atoms with van der Waals surface area (Å²) in [5.74, 6) is -0.395. The minimum absolute atomic E-state index is 0.395. The second-order valence-corrected chi connectivity index (χ2v) is 4.74. The highest BCUT2D eigenvalue weighted by Gasteiger charge is 2.02. The lowest BCUT2D eigenvalue weighted by Crippen LogP contribution is -2.11. The van der Waals surface area contributed by atoms with E-state index in [2.05, 4.69) is 37.4 Å². The van der Waals surface area contributed by atoms with Gasteiger partial charge in [-0.25, -0.2) is 0 Å². The average molecular weight is 254 g/mol. The lowest BCUT2D eigenvalue weighted by Gasteiger charge is -2.10. The molecule has 0 aromatic heterocycles. The van der Waals surface area contributed by atoms with Crippen LogP contribution in [0.4, 0.5) is 5.69 Å². The summed E-state index contributed by atoms with van der Waals surface area (Å²) < 4.78 is 0. The van der Waals surface area contributed by atoms with Crippen LogP contribution in [0.2, 0.25) is 0 Å². The Hall–Kier alpha value is -2.29. The second-order valence-electron chi connectivity index (χ2n) is 4.74. The summed E-state index contributed by atoms with van der Waals surface area (Å²) in [6.45, 7) is 4.83. The third kappa shape index (κ3) is 3.35. The number of carbonyl (C=O) groups is 1. The average Bonchev–Trinajstić information content (AvgIpc) is 2.38. The van der Waals surface area contributed by atoms with E-state index in [-0.39, 0.29) is 0 Å². The summed E-state index contributed by atoms with van der Waals surface area (Å²) in [5.41, 5.74) is 10.4. The second kappa shape index (κ2) is 5.57. The van der Waals surface area contributed by atoms with Gasteiger partial charge in [0.2, 0.25) is 5.91 Å². The van der Waals surface area contributed by atoms with Crippen LogP contribution in [-0.4, -0.2) is 5.91 Å². The van der Waals surface area contributed by atoms with Crippen molar-refractivity contribution in [2.24, 2.45) is 5.73 Å². The van der Waals surface area contributed by atoms with Crippen molar-refractivity contribution in [3.63, 3.8) is 0 Å². The molecule has 1 amide bonds. The molecule has 3 heteroatoms. The zero-order valence-electron chi connectivity index (χ0n) is 11.2. The number of hydrogen-bond acceptors (Lipinski definition) is 2. The largest absolute Gasteiger partial charge is 0.381 e. The van der Waals surface area contributed by atoms with E-state index in [1.807, 2.05) is 18.2 Å². The first-order valence-corrected chi connectivity index (χ1v) is 6.26. The van der Waals surface area contributed by atoms with Crippen LogP contribution in [0.3, 0.4) is 0 Å². The number of aryl methyl sites for hydroxylation is 2. The number of primary amides is 1. The van der Waals surface area contributed by atoms with Crippen molar-refractivity contribution >= 4 is 11.6 Å². The van der Waals surface area contributed by atoms with Crippen LogP contribution in [0.5, 0.6) is 0 Å². The summed E-state index contributed by atoms with van der Waals surface area (Å²) in [6.07, 6.45) is 0. The number of benzene rings is 2. The molecule has 0 spiro atoms. The molecule has 0 aliphatic carbocycles. The van der Waals surface area contributed by atoms with Gasteiger partial charge in [-0.2, -0.15) is 0 Å². The molecule has 3 nitrogen and oxygen atoms in total. The number of nitrogens with one attached hydrogen (secondary N) is 1. The zero-order chi connectivity index (χ0) is 13.8. The van der Waals surface area contributed by atoms with Gasteiger partial charge in [-0.1, -0.05) is 29.8 Å². The molecule has 0 unspecified atom stereocenters. The van der Waals surface area contributed by atoms with Gasteiger partial charge in [0.15, 0.2) is 0 Å². The molecule has 0 aliphatic rings. The normalized spacial score (nSPS) is 10.2. The van der Waals surface area contributed by atoms with Gasteiger partial charge in [0, 0.05) is 17.8 Å². The van der Waals surface area contributed by atoms with Crippen molar-refractivity contribution in [3.8, 4) is 0 Å². The Balaban J connectivity index is 2.10. The maximum atomic E-state index is 11.1. The highest BCUT2D eigenvalue weighted by molar-refractivity contribution is 5.92. The molecule has 0 bridgehead atoms. The van der Waals surface area contributed by atoms with Crippen molar-refractivity contribution < 1.29 is 4.79 Å². The summed E-state index contributed by atoms with van der Waals surface area (Å²) in [4.78, 5) is 11.1. The molecular formula is C16H18N2O. The fraction of sp³-hybridized carbons (Fsp3) is 0.188. The zero-order valence-corrected chi connectivity index (χ0v) is 11.2. The van der Waals surface area contributed by atoms with E-state index in [9.17, 15) is 4.79 Å². The fourth-order valence-electron chi connectivity index (χ4n) is 2.04. The van der Waals surface area contributed by atoms with Gasteiger partial charge in [-0.15, -0.1) is 0 Å². The van der Waals surface area contributed by atoms with Crippen molar-refractivity contribution in [3.05, 3.63) is 64.7 Å². The summed E-state index contributed by atoms with van der Waals surface area (Å²) in [5, 5.41) is 3.37. The molecule has 2 aromatic rings. The van der Waals surface area contributed by atoms with Crippen LogP contribution in [0.1, 0.15) is 27.0 Å². The summed E-state index contributed by atoms with van der Waals surface area (Å²) in [7, 11) is 0. The maximum absolute atomic E-state index is 11.1. The molecule has 0 radical (unpaired) electrons. The molecule has 0 fully saturated rings. The van der Waals surface area contributed by atoms with Crippen LogP contribution in [0.15, 0.2) is 42.5 Å². The van der Waals surface area contributed by atoms with E-state index in [1.54, 1.807) is 6.07 Å². The predicted octanol–water partition coefficient (Wildman–Crippen LogP) is 3.01. The van der Waals surface area contributed by atoms with Crippen molar-refractivity contribution in [2.75, 3.05) is 5.32 Å². The van der Waals surface area contributed by atoms with E-state index in [0.717, 1.165) is 11.3 Å². The molecule has 98 valence electrons. The van der Waals surface area contributed by atoms with Crippen molar-refractivity contribution in [2.45, 2.75) is 20.4 Å². The molecular weight excluding hydrogens is 236 g/mol. The maximum Gasteiger partial charge on any atom is 0.248 e. The Morgan fingerprint density at radius 1 is 1.16 bits per heavy atom. The molecule has 3 N–H and O–H groups in total. The van der Waals surface area contributed by atoms with Crippen molar-refractivity contribution in [1.82, 2.24) is 0 Å². The van der Waals surface area contributed by atoms with Crippen LogP contribution in [0, 0.1) is 13.8 Å². The Kier molecular flexibility index (Phi) is 3.85. The van der Waals surface area contributed by atoms with Gasteiger partial charge in [-0.3, -0.25) is 4.79 Å². The molecule has 0 heterocycles. The quantitative estimate of drug-likeness (QED) is 0.881. The third-order valence-electron chi connectivity index (χ3n) is 3.08. The SMILES string of the molecule is Cc1ccc(NCc2cccc(C(N)=O)c2)c(C)c1. The van der Waals surface area contributed by atoms with E-state index in [4.69, 9.17) is 5.73 Å². The van der Waals surface area contributed by atoms with E-state index in [0.29, 0.717) is 12.1 Å². The van der Waals surface area contributed by atoms with Gasteiger partial charge in [-0.05, 0) is 43.2 Å². The van der Waals surface area contributed by atoms with Gasteiger partial charge >= 0.3 is 0 Å². The predicted molar refractivity (Wildman–Crippen MR) is 78.2 cm³/mol. The number of carbonyl (C=O) groups excluding carboxylic acids is 1. The molecule has 2 rings (SSSR count). The third-order valence-corrected chi connectivity index (χ3v) is 3.08. The summed E-state index contributed by atoms with van der Waals surface area (Å²) >= 11 is 0. The van der Waals surface area contributed by atoms with Gasteiger partial charge in [0.25, 0.3) is 0 Å². The number of anilines is 1. The van der Waals surface area contributed by atoms with Gasteiger partial charge in [0.1, 0.15) is 0 Å².